The number of hydrogen-bond acceptors (Lipinski definition) is 3. The molecule has 1 aliphatic carbocycles. The molecular formula is C19H34ClNO2. The zero-order valence-corrected chi connectivity index (χ0v) is 15.5. The number of hydrogen-bond donors (Lipinski definition) is 0. The molecule has 0 fully saturated rings. The van der Waals surface area contributed by atoms with Crippen LogP contribution in [0.3, 0.4) is 0 Å². The summed E-state index contributed by atoms with van der Waals surface area (Å²) in [4.78, 5) is 2.38. The topological polar surface area (TPSA) is 21.7 Å². The summed E-state index contributed by atoms with van der Waals surface area (Å²) in [7, 11) is 0. The summed E-state index contributed by atoms with van der Waals surface area (Å²) >= 11 is 0. The van der Waals surface area contributed by atoms with Crippen molar-refractivity contribution < 1.29 is 9.47 Å². The third kappa shape index (κ3) is 8.23. The molecule has 23 heavy (non-hydrogen) atoms. The van der Waals surface area contributed by atoms with Gasteiger partial charge in [-0.1, -0.05) is 26.2 Å². The van der Waals surface area contributed by atoms with Crippen LogP contribution in [0.2, 0.25) is 0 Å². The second-order valence-corrected chi connectivity index (χ2v) is 6.41. The summed E-state index contributed by atoms with van der Waals surface area (Å²) in [6, 6.07) is 0. The van der Waals surface area contributed by atoms with Crippen molar-refractivity contribution in [2.45, 2.75) is 58.3 Å². The van der Waals surface area contributed by atoms with E-state index in [0.29, 0.717) is 0 Å². The fourth-order valence-corrected chi connectivity index (χ4v) is 3.15. The molecule has 0 aromatic rings. The van der Waals surface area contributed by atoms with E-state index in [1.165, 1.54) is 51.4 Å². The van der Waals surface area contributed by atoms with Gasteiger partial charge in [-0.15, -0.1) is 12.4 Å². The van der Waals surface area contributed by atoms with Gasteiger partial charge in [0.15, 0.2) is 0 Å². The molecule has 3 nitrogen and oxygen atoms in total. The monoisotopic (exact) mass is 343 g/mol. The van der Waals surface area contributed by atoms with E-state index < -0.39 is 0 Å². The minimum absolute atomic E-state index is 0. The molecule has 4 heteroatoms. The molecule has 0 aromatic carbocycles. The van der Waals surface area contributed by atoms with Gasteiger partial charge < -0.3 is 14.4 Å². The Morgan fingerprint density at radius 2 is 1.74 bits per heavy atom. The number of unbranched alkanes of at least 4 members (excludes halogenated alkanes) is 3. The van der Waals surface area contributed by atoms with E-state index in [4.69, 9.17) is 9.47 Å². The Morgan fingerprint density at radius 1 is 0.957 bits per heavy atom. The molecule has 0 radical (unpaired) electrons. The highest BCUT2D eigenvalue weighted by Crippen LogP contribution is 2.28. The number of rotatable bonds is 11. The van der Waals surface area contributed by atoms with Gasteiger partial charge in [0.25, 0.3) is 0 Å². The minimum Gasteiger partial charge on any atom is -0.379 e. The molecule has 0 saturated carbocycles. The summed E-state index contributed by atoms with van der Waals surface area (Å²) in [5.41, 5.74) is 3.25. The highest BCUT2D eigenvalue weighted by atomic mass is 35.5. The van der Waals surface area contributed by atoms with E-state index in [1.807, 2.05) is 0 Å². The van der Waals surface area contributed by atoms with Crippen molar-refractivity contribution in [1.29, 1.82) is 0 Å². The maximum atomic E-state index is 5.68. The maximum absolute atomic E-state index is 5.68. The van der Waals surface area contributed by atoms with Gasteiger partial charge >= 0.3 is 0 Å². The van der Waals surface area contributed by atoms with Crippen LogP contribution in [-0.2, 0) is 9.47 Å². The van der Waals surface area contributed by atoms with Gasteiger partial charge in [0.1, 0.15) is 0 Å². The highest BCUT2D eigenvalue weighted by molar-refractivity contribution is 5.85. The lowest BCUT2D eigenvalue weighted by Crippen LogP contribution is -2.28. The Labute approximate surface area is 148 Å². The Balaban J connectivity index is 0.00000264. The van der Waals surface area contributed by atoms with Crippen molar-refractivity contribution in [2.75, 3.05) is 39.5 Å². The fourth-order valence-electron chi connectivity index (χ4n) is 3.15. The molecule has 2 rings (SSSR count). The van der Waals surface area contributed by atoms with Crippen molar-refractivity contribution in [3.63, 3.8) is 0 Å². The van der Waals surface area contributed by atoms with Crippen LogP contribution in [0.25, 0.3) is 0 Å². The third-order valence-corrected chi connectivity index (χ3v) is 4.55. The molecule has 1 heterocycles. The lowest BCUT2D eigenvalue weighted by Gasteiger charge is -2.29. The van der Waals surface area contributed by atoms with Gasteiger partial charge in [-0.05, 0) is 55.5 Å². The van der Waals surface area contributed by atoms with Crippen molar-refractivity contribution in [1.82, 2.24) is 4.90 Å². The number of ether oxygens (including phenoxy) is 2. The second-order valence-electron chi connectivity index (χ2n) is 6.41. The van der Waals surface area contributed by atoms with Gasteiger partial charge in [0.05, 0.1) is 19.8 Å². The van der Waals surface area contributed by atoms with Crippen molar-refractivity contribution in [3.8, 4) is 0 Å². The summed E-state index contributed by atoms with van der Waals surface area (Å²) in [6.45, 7) is 7.47. The van der Waals surface area contributed by atoms with Crippen LogP contribution in [0, 0.1) is 0 Å². The average molecular weight is 344 g/mol. The summed E-state index contributed by atoms with van der Waals surface area (Å²) in [5, 5.41) is 0. The minimum atomic E-state index is 0. The van der Waals surface area contributed by atoms with Gasteiger partial charge in [-0.25, -0.2) is 0 Å². The molecule has 0 aromatic heterocycles. The van der Waals surface area contributed by atoms with Crippen LogP contribution >= 0.6 is 12.4 Å². The zero-order valence-electron chi connectivity index (χ0n) is 14.7. The van der Waals surface area contributed by atoms with E-state index in [2.05, 4.69) is 24.1 Å². The van der Waals surface area contributed by atoms with Crippen LogP contribution in [0.5, 0.6) is 0 Å². The second kappa shape index (κ2) is 12.9. The summed E-state index contributed by atoms with van der Waals surface area (Å²) in [5.74, 6) is 0. The largest absolute Gasteiger partial charge is 0.379 e. The Hall–Kier alpha value is -0.510. The van der Waals surface area contributed by atoms with E-state index in [-0.39, 0.29) is 12.4 Å². The first kappa shape index (κ1) is 20.5. The average Bonchev–Trinajstić information content (AvgIpc) is 2.56. The first-order valence-corrected chi connectivity index (χ1v) is 9.19. The molecule has 2 aliphatic rings. The number of nitrogens with zero attached hydrogens (tertiary/aromatic N) is 1. The molecule has 0 N–H and O–H groups in total. The molecular weight excluding hydrogens is 310 g/mol. The first-order chi connectivity index (χ1) is 10.9. The van der Waals surface area contributed by atoms with Crippen LogP contribution in [0.1, 0.15) is 58.3 Å². The lowest BCUT2D eigenvalue weighted by molar-refractivity contribution is 0.0415. The van der Waals surface area contributed by atoms with Gasteiger partial charge in [0.2, 0.25) is 0 Å². The standard InChI is InChI=1S/C19H33NO2.ClH/c1-2-3-4-7-13-21-15-16-22-14-12-20-11-10-18-8-5-6-9-19(18)17-20;/h10-11H,2-9,12-17H2,1H3;1H. The maximum Gasteiger partial charge on any atom is 0.0701 e. The Bertz CT molecular complexity index is 368. The molecule has 0 amide bonds. The van der Waals surface area contributed by atoms with E-state index in [0.717, 1.165) is 39.5 Å². The van der Waals surface area contributed by atoms with Gasteiger partial charge in [-0.2, -0.15) is 0 Å². The van der Waals surface area contributed by atoms with Crippen LogP contribution in [0.4, 0.5) is 0 Å². The quantitative estimate of drug-likeness (QED) is 0.506. The van der Waals surface area contributed by atoms with Crippen LogP contribution in [0.15, 0.2) is 23.4 Å². The van der Waals surface area contributed by atoms with Crippen LogP contribution < -0.4 is 0 Å². The molecule has 134 valence electrons. The van der Waals surface area contributed by atoms with Crippen molar-refractivity contribution in [2.24, 2.45) is 0 Å². The summed E-state index contributed by atoms with van der Waals surface area (Å²) < 4.78 is 11.3. The van der Waals surface area contributed by atoms with E-state index in [1.54, 1.807) is 11.1 Å². The number of halogens is 1. The summed E-state index contributed by atoms with van der Waals surface area (Å²) in [6.07, 6.45) is 15.0. The molecule has 0 saturated heterocycles. The Morgan fingerprint density at radius 3 is 2.57 bits per heavy atom. The zero-order chi connectivity index (χ0) is 15.5. The molecule has 0 atom stereocenters. The van der Waals surface area contributed by atoms with Gasteiger partial charge in [0, 0.05) is 19.7 Å². The molecule has 1 aliphatic heterocycles. The smallest absolute Gasteiger partial charge is 0.0701 e. The normalized spacial score (nSPS) is 17.2. The van der Waals surface area contributed by atoms with Gasteiger partial charge in [-0.3, -0.25) is 0 Å². The molecule has 0 spiro atoms. The van der Waals surface area contributed by atoms with Crippen LogP contribution in [-0.4, -0.2) is 44.4 Å². The fraction of sp³-hybridized carbons (Fsp3) is 0.789. The van der Waals surface area contributed by atoms with E-state index >= 15 is 0 Å². The first-order valence-electron chi connectivity index (χ1n) is 9.19. The third-order valence-electron chi connectivity index (χ3n) is 4.55. The molecule has 0 bridgehead atoms. The van der Waals surface area contributed by atoms with E-state index in [9.17, 15) is 0 Å². The number of allylic oxidation sites excluding steroid dienone is 2. The predicted octanol–water partition coefficient (Wildman–Crippen LogP) is 4.72. The Kier molecular flexibility index (Phi) is 11.5. The lowest BCUT2D eigenvalue weighted by atomic mass is 9.90. The highest BCUT2D eigenvalue weighted by Gasteiger charge is 2.16. The SMILES string of the molecule is CCCCCCOCCOCCN1C=CC2=C(CCCC2)C1.Cl. The van der Waals surface area contributed by atoms with Crippen molar-refractivity contribution in [3.05, 3.63) is 23.4 Å². The predicted molar refractivity (Wildman–Crippen MR) is 99.2 cm³/mol. The van der Waals surface area contributed by atoms with Crippen molar-refractivity contribution >= 4 is 12.4 Å². The molecule has 0 unspecified atom stereocenters.